The summed E-state index contributed by atoms with van der Waals surface area (Å²) in [5, 5.41) is 16.3. The number of aryl methyl sites for hydroxylation is 1. The van der Waals surface area contributed by atoms with Crippen LogP contribution in [-0.2, 0) is 6.42 Å². The first-order chi connectivity index (χ1) is 13.7. The highest BCUT2D eigenvalue weighted by atomic mass is 35.5. The lowest BCUT2D eigenvalue weighted by atomic mass is 9.91. The van der Waals surface area contributed by atoms with Crippen LogP contribution < -0.4 is 5.32 Å². The maximum atomic E-state index is 13.1. The van der Waals surface area contributed by atoms with Crippen molar-refractivity contribution in [3.8, 4) is 5.69 Å². The molecule has 0 bridgehead atoms. The molecule has 0 fully saturated rings. The van der Waals surface area contributed by atoms with Crippen LogP contribution in [0.1, 0.15) is 40.5 Å². The molecule has 4 aromatic rings. The molecule has 8 heteroatoms. The number of H-pyrrole nitrogens is 1. The van der Waals surface area contributed by atoms with Gasteiger partial charge in [-0.1, -0.05) is 23.7 Å². The molecule has 2 aromatic heterocycles. The molecule has 1 amide bonds. The Morgan fingerprint density at radius 1 is 1.25 bits per heavy atom. The van der Waals surface area contributed by atoms with E-state index in [9.17, 15) is 4.79 Å². The van der Waals surface area contributed by atoms with Crippen LogP contribution in [0.2, 0.25) is 5.02 Å². The van der Waals surface area contributed by atoms with Crippen molar-refractivity contribution in [2.24, 2.45) is 0 Å². The van der Waals surface area contributed by atoms with Crippen LogP contribution in [0.15, 0.2) is 48.8 Å². The van der Waals surface area contributed by atoms with Crippen molar-refractivity contribution in [3.63, 3.8) is 0 Å². The van der Waals surface area contributed by atoms with Gasteiger partial charge in [0.05, 0.1) is 17.3 Å². The molecule has 7 nitrogen and oxygen atoms in total. The van der Waals surface area contributed by atoms with Crippen LogP contribution >= 0.6 is 11.6 Å². The first kappa shape index (κ1) is 16.9. The van der Waals surface area contributed by atoms with Crippen molar-refractivity contribution in [3.05, 3.63) is 70.6 Å². The molecule has 0 radical (unpaired) electrons. The number of nitrogens with one attached hydrogen (secondary N) is 2. The number of carbonyl (C=O) groups excluding carboxylic acids is 1. The number of hydrogen-bond acceptors (Lipinski definition) is 4. The molecule has 0 unspecified atom stereocenters. The minimum absolute atomic E-state index is 0.0793. The zero-order valence-corrected chi connectivity index (χ0v) is 15.6. The van der Waals surface area contributed by atoms with Crippen molar-refractivity contribution in [2.75, 3.05) is 0 Å². The number of para-hydroxylation sites is 1. The van der Waals surface area contributed by atoms with Gasteiger partial charge in [-0.05, 0) is 65.6 Å². The van der Waals surface area contributed by atoms with E-state index < -0.39 is 0 Å². The summed E-state index contributed by atoms with van der Waals surface area (Å²) < 4.78 is 1.49. The quantitative estimate of drug-likeness (QED) is 0.557. The van der Waals surface area contributed by atoms with Crippen molar-refractivity contribution in [1.29, 1.82) is 0 Å². The molecule has 2 heterocycles. The Hall–Kier alpha value is -3.19. The largest absolute Gasteiger partial charge is 0.356 e. The van der Waals surface area contributed by atoms with Crippen molar-refractivity contribution in [2.45, 2.75) is 25.3 Å². The van der Waals surface area contributed by atoms with Gasteiger partial charge in [-0.25, -0.2) is 0 Å². The van der Waals surface area contributed by atoms with E-state index in [0.29, 0.717) is 11.3 Å². The van der Waals surface area contributed by atoms with E-state index in [0.717, 1.165) is 40.9 Å². The molecule has 2 aromatic carbocycles. The predicted octanol–water partition coefficient (Wildman–Crippen LogP) is 3.60. The fourth-order valence-electron chi connectivity index (χ4n) is 3.95. The normalized spacial score (nSPS) is 16.1. The average molecular weight is 393 g/mol. The Kier molecular flexibility index (Phi) is 4.09. The van der Waals surface area contributed by atoms with Gasteiger partial charge in [0.1, 0.15) is 6.33 Å². The molecular weight excluding hydrogens is 376 g/mol. The molecule has 5 rings (SSSR count). The molecule has 140 valence electrons. The lowest BCUT2D eigenvalue weighted by Gasteiger charge is -2.24. The maximum absolute atomic E-state index is 13.1. The molecule has 1 atom stereocenters. The summed E-state index contributed by atoms with van der Waals surface area (Å²) in [5.74, 6) is -0.152. The average Bonchev–Trinajstić information content (AvgIpc) is 3.36. The van der Waals surface area contributed by atoms with Crippen LogP contribution in [0.5, 0.6) is 0 Å². The third kappa shape index (κ3) is 2.84. The zero-order chi connectivity index (χ0) is 19.1. The zero-order valence-electron chi connectivity index (χ0n) is 14.9. The monoisotopic (exact) mass is 392 g/mol. The number of rotatable bonds is 3. The van der Waals surface area contributed by atoms with Gasteiger partial charge in [0.25, 0.3) is 5.91 Å². The first-order valence-corrected chi connectivity index (χ1v) is 9.52. The van der Waals surface area contributed by atoms with E-state index in [1.807, 2.05) is 36.4 Å². The third-order valence-electron chi connectivity index (χ3n) is 5.22. The number of amides is 1. The number of carbonyl (C=O) groups is 1. The smallest absolute Gasteiger partial charge is 0.254 e. The summed E-state index contributed by atoms with van der Waals surface area (Å²) >= 11 is 6.18. The number of fused-ring (bicyclic) bond motifs is 3. The molecule has 0 aliphatic heterocycles. The number of nitrogens with zero attached hydrogens (tertiary/aromatic N) is 4. The molecule has 2 N–H and O–H groups in total. The topological polar surface area (TPSA) is 88.5 Å². The number of tetrazole rings is 1. The van der Waals surface area contributed by atoms with Gasteiger partial charge in [-0.2, -0.15) is 4.68 Å². The molecule has 0 saturated carbocycles. The Morgan fingerprint density at radius 3 is 3.00 bits per heavy atom. The predicted molar refractivity (Wildman–Crippen MR) is 106 cm³/mol. The minimum atomic E-state index is -0.152. The second-order valence-electron chi connectivity index (χ2n) is 6.90. The van der Waals surface area contributed by atoms with Crippen molar-refractivity contribution < 1.29 is 4.79 Å². The van der Waals surface area contributed by atoms with Crippen molar-refractivity contribution in [1.82, 2.24) is 30.5 Å². The van der Waals surface area contributed by atoms with E-state index in [1.54, 1.807) is 6.07 Å². The molecular formula is C20H17ClN6O. The summed E-state index contributed by atoms with van der Waals surface area (Å²) in [5.41, 5.74) is 4.52. The number of aromatic nitrogens is 5. The van der Waals surface area contributed by atoms with E-state index in [2.05, 4.69) is 25.8 Å². The van der Waals surface area contributed by atoms with Gasteiger partial charge in [0, 0.05) is 21.6 Å². The highest BCUT2D eigenvalue weighted by molar-refractivity contribution is 6.31. The fraction of sp³-hybridized carbons (Fsp3) is 0.200. The maximum Gasteiger partial charge on any atom is 0.254 e. The van der Waals surface area contributed by atoms with E-state index in [1.165, 1.54) is 16.6 Å². The molecule has 0 spiro atoms. The highest BCUT2D eigenvalue weighted by Crippen LogP contribution is 2.36. The fourth-order valence-corrected chi connectivity index (χ4v) is 4.12. The second-order valence-corrected chi connectivity index (χ2v) is 7.33. The van der Waals surface area contributed by atoms with Crippen LogP contribution in [0.25, 0.3) is 16.6 Å². The van der Waals surface area contributed by atoms with E-state index >= 15 is 0 Å². The Labute approximate surface area is 165 Å². The van der Waals surface area contributed by atoms with Crippen LogP contribution in [-0.4, -0.2) is 31.1 Å². The molecule has 0 saturated heterocycles. The van der Waals surface area contributed by atoms with Crippen LogP contribution in [0.4, 0.5) is 0 Å². The number of hydrogen-bond donors (Lipinski definition) is 2. The van der Waals surface area contributed by atoms with Gasteiger partial charge in [0.15, 0.2) is 0 Å². The van der Waals surface area contributed by atoms with Crippen LogP contribution in [0.3, 0.4) is 0 Å². The highest BCUT2D eigenvalue weighted by Gasteiger charge is 2.26. The standard InChI is InChI=1S/C20H17ClN6O/c21-12-8-9-16-15(10-12)13-5-3-6-17(19(13)23-16)24-20(28)14-4-1-2-7-18(14)27-11-22-25-26-27/h1-2,4,7-11,17,23H,3,5-6H2,(H,24,28)/t17-/m0/s1. The van der Waals surface area contributed by atoms with Gasteiger partial charge >= 0.3 is 0 Å². The number of halogens is 1. The van der Waals surface area contributed by atoms with Gasteiger partial charge in [-0.15, -0.1) is 5.10 Å². The first-order valence-electron chi connectivity index (χ1n) is 9.14. The molecule has 1 aliphatic rings. The summed E-state index contributed by atoms with van der Waals surface area (Å²) in [4.78, 5) is 16.6. The third-order valence-corrected chi connectivity index (χ3v) is 5.45. The van der Waals surface area contributed by atoms with Crippen molar-refractivity contribution >= 4 is 28.4 Å². The second kappa shape index (κ2) is 6.76. The molecule has 1 aliphatic carbocycles. The van der Waals surface area contributed by atoms with Gasteiger partial charge < -0.3 is 10.3 Å². The lowest BCUT2D eigenvalue weighted by molar-refractivity contribution is 0.0932. The SMILES string of the molecule is O=C(N[C@H]1CCCc2c1[nH]c1ccc(Cl)cc21)c1ccccc1-n1cnnn1. The van der Waals surface area contributed by atoms with Crippen LogP contribution in [0, 0.1) is 0 Å². The summed E-state index contributed by atoms with van der Waals surface area (Å²) in [6.07, 6.45) is 4.34. The summed E-state index contributed by atoms with van der Waals surface area (Å²) in [7, 11) is 0. The van der Waals surface area contributed by atoms with E-state index in [-0.39, 0.29) is 11.9 Å². The van der Waals surface area contributed by atoms with E-state index in [4.69, 9.17) is 11.6 Å². The summed E-state index contributed by atoms with van der Waals surface area (Å²) in [6.45, 7) is 0. The Morgan fingerprint density at radius 2 is 2.14 bits per heavy atom. The van der Waals surface area contributed by atoms with Gasteiger partial charge in [-0.3, -0.25) is 4.79 Å². The minimum Gasteiger partial charge on any atom is -0.356 e. The lowest BCUT2D eigenvalue weighted by Crippen LogP contribution is -2.31. The van der Waals surface area contributed by atoms with Gasteiger partial charge in [0.2, 0.25) is 0 Å². The molecule has 28 heavy (non-hydrogen) atoms. The Balaban J connectivity index is 1.49. The Bertz CT molecular complexity index is 1170. The number of aromatic amines is 1. The summed E-state index contributed by atoms with van der Waals surface area (Å²) in [6, 6.07) is 13.1. The number of benzene rings is 2.